The molecular weight excluding hydrogens is 640 g/mol. The topological polar surface area (TPSA) is 110 Å². The molecule has 262 valence electrons. The number of carbonyl (C=O) groups is 2. The predicted molar refractivity (Wildman–Crippen MR) is 186 cm³/mol. The molecule has 0 saturated carbocycles. The summed E-state index contributed by atoms with van der Waals surface area (Å²) in [6.45, 7) is 4.79. The van der Waals surface area contributed by atoms with Crippen molar-refractivity contribution in [3.05, 3.63) is 53.6 Å². The summed E-state index contributed by atoms with van der Waals surface area (Å²) in [7, 11) is -4.81. The molecule has 0 aliphatic rings. The summed E-state index contributed by atoms with van der Waals surface area (Å²) >= 11 is 0. The summed E-state index contributed by atoms with van der Waals surface area (Å²) in [6.07, 6.45) is 33.6. The van der Waals surface area contributed by atoms with Crippen molar-refractivity contribution in [2.24, 2.45) is 0 Å². The Morgan fingerprint density at radius 3 is 1.34 bits per heavy atom. The van der Waals surface area contributed by atoms with E-state index < -0.39 is 27.0 Å². The maximum atomic E-state index is 12.8. The zero-order valence-corrected chi connectivity index (χ0v) is 33.7. The van der Waals surface area contributed by atoms with Gasteiger partial charge < -0.3 is 14.0 Å². The Morgan fingerprint density at radius 1 is 0.574 bits per heavy atom. The average Bonchev–Trinajstić information content (AvgIpc) is 3.04. The van der Waals surface area contributed by atoms with Crippen LogP contribution in [0.2, 0.25) is 0 Å². The standard InChI is InChI=1S/C38H62O7S.K/c1-3-5-7-9-11-13-15-17-19-21-23-25-27-31-44-37(39)35-30-29-34(46(41,42)43)33-36(35)38(40)45-32-28-26-24-22-20-18-16-14-12-10-8-6-4-2;/h13-16,29-30,33H,3-12,17-28,31-32H2,1-2H3,(H,41,42,43);/q;+1/p-1/b15-13+,16-14+;. The summed E-state index contributed by atoms with van der Waals surface area (Å²) in [6, 6.07) is 3.09. The SMILES string of the molecule is CCCCCC/C=C/CCCCCCCOC(=O)c1ccc(S(=O)(=O)[O-])cc1C(=O)OCCCCCCC/C=C/CCCCCC.[K+]. The van der Waals surface area contributed by atoms with Crippen LogP contribution in [0.15, 0.2) is 47.4 Å². The number of benzene rings is 1. The van der Waals surface area contributed by atoms with Gasteiger partial charge in [0.2, 0.25) is 0 Å². The smallest absolute Gasteiger partial charge is 0.744 e. The molecule has 0 amide bonds. The van der Waals surface area contributed by atoms with Crippen molar-refractivity contribution in [2.75, 3.05) is 13.2 Å². The average molecular weight is 701 g/mol. The summed E-state index contributed by atoms with van der Waals surface area (Å²) in [5, 5.41) is 0. The Labute approximate surface area is 329 Å². The first kappa shape index (κ1) is 46.2. The molecule has 0 spiro atoms. The quantitative estimate of drug-likeness (QED) is 0.0278. The first-order valence-corrected chi connectivity index (χ1v) is 19.5. The molecule has 0 unspecified atom stereocenters. The van der Waals surface area contributed by atoms with Crippen molar-refractivity contribution in [3.63, 3.8) is 0 Å². The van der Waals surface area contributed by atoms with Gasteiger partial charge in [0.15, 0.2) is 0 Å². The van der Waals surface area contributed by atoms with Crippen LogP contribution in [0.4, 0.5) is 0 Å². The van der Waals surface area contributed by atoms with Crippen LogP contribution in [-0.4, -0.2) is 38.1 Å². The summed E-state index contributed by atoms with van der Waals surface area (Å²) < 4.78 is 45.5. The van der Waals surface area contributed by atoms with Gasteiger partial charge in [0.05, 0.1) is 29.2 Å². The molecule has 1 rings (SSSR count). The van der Waals surface area contributed by atoms with E-state index in [2.05, 4.69) is 38.2 Å². The normalized spacial score (nSPS) is 11.6. The van der Waals surface area contributed by atoms with Crippen LogP contribution < -0.4 is 51.4 Å². The van der Waals surface area contributed by atoms with E-state index in [0.29, 0.717) is 12.8 Å². The Morgan fingerprint density at radius 2 is 0.936 bits per heavy atom. The fraction of sp³-hybridized carbons (Fsp3) is 0.684. The molecule has 0 fully saturated rings. The van der Waals surface area contributed by atoms with E-state index in [0.717, 1.165) is 95.2 Å². The number of carbonyl (C=O) groups excluding carboxylic acids is 2. The molecule has 1 aromatic rings. The van der Waals surface area contributed by atoms with Crippen LogP contribution >= 0.6 is 0 Å². The van der Waals surface area contributed by atoms with Crippen molar-refractivity contribution in [1.29, 1.82) is 0 Å². The second-order valence-electron chi connectivity index (χ2n) is 12.2. The molecule has 7 nitrogen and oxygen atoms in total. The minimum absolute atomic E-state index is 0. The van der Waals surface area contributed by atoms with Crippen molar-refractivity contribution in [2.45, 2.75) is 160 Å². The first-order chi connectivity index (χ1) is 22.3. The molecule has 1 aromatic carbocycles. The molecule has 0 atom stereocenters. The van der Waals surface area contributed by atoms with Gasteiger partial charge in [-0.05, 0) is 82.4 Å². The molecule has 0 heterocycles. The van der Waals surface area contributed by atoms with E-state index in [9.17, 15) is 22.6 Å². The monoisotopic (exact) mass is 700 g/mol. The van der Waals surface area contributed by atoms with Crippen LogP contribution in [-0.2, 0) is 19.6 Å². The van der Waals surface area contributed by atoms with Gasteiger partial charge in [-0.2, -0.15) is 0 Å². The van der Waals surface area contributed by atoms with Crippen molar-refractivity contribution in [1.82, 2.24) is 0 Å². The summed E-state index contributed by atoms with van der Waals surface area (Å²) in [4.78, 5) is 25.0. The Balaban J connectivity index is 0.0000212. The van der Waals surface area contributed by atoms with Crippen LogP contribution in [0, 0.1) is 0 Å². The first-order valence-electron chi connectivity index (χ1n) is 18.0. The fourth-order valence-electron chi connectivity index (χ4n) is 5.15. The number of unbranched alkanes of at least 4 members (excludes halogenated alkanes) is 18. The van der Waals surface area contributed by atoms with Gasteiger partial charge in [-0.25, -0.2) is 18.0 Å². The number of hydrogen-bond acceptors (Lipinski definition) is 7. The van der Waals surface area contributed by atoms with Crippen LogP contribution in [0.25, 0.3) is 0 Å². The molecule has 0 bridgehead atoms. The van der Waals surface area contributed by atoms with Crippen LogP contribution in [0.5, 0.6) is 0 Å². The van der Waals surface area contributed by atoms with Gasteiger partial charge in [-0.3, -0.25) is 0 Å². The Hall–Kier alpha value is -0.814. The van der Waals surface area contributed by atoms with Gasteiger partial charge in [-0.1, -0.05) is 115 Å². The maximum Gasteiger partial charge on any atom is 1.00 e. The predicted octanol–water partition coefficient (Wildman–Crippen LogP) is 7.64. The van der Waals surface area contributed by atoms with Crippen LogP contribution in [0.1, 0.15) is 176 Å². The van der Waals surface area contributed by atoms with Crippen molar-refractivity contribution < 1.29 is 83.4 Å². The van der Waals surface area contributed by atoms with E-state index in [1.165, 1.54) is 51.4 Å². The fourth-order valence-corrected chi connectivity index (χ4v) is 5.65. The molecule has 0 aromatic heterocycles. The number of ether oxygens (including phenoxy) is 2. The van der Waals surface area contributed by atoms with Crippen molar-refractivity contribution >= 4 is 22.1 Å². The van der Waals surface area contributed by atoms with Gasteiger partial charge in [0.25, 0.3) is 0 Å². The zero-order chi connectivity index (χ0) is 33.7. The number of hydrogen-bond donors (Lipinski definition) is 0. The summed E-state index contributed by atoms with van der Waals surface area (Å²) in [5.41, 5.74) is -0.362. The summed E-state index contributed by atoms with van der Waals surface area (Å²) in [5.74, 6) is -1.57. The van der Waals surface area contributed by atoms with Crippen LogP contribution in [0.3, 0.4) is 0 Å². The van der Waals surface area contributed by atoms with E-state index in [-0.39, 0.29) is 75.7 Å². The van der Waals surface area contributed by atoms with Gasteiger partial charge in [0, 0.05) is 0 Å². The Bertz CT molecular complexity index is 1120. The van der Waals surface area contributed by atoms with Crippen molar-refractivity contribution in [3.8, 4) is 0 Å². The second kappa shape index (κ2) is 31.2. The number of esters is 2. The molecular formula is C38H61KO7S. The molecule has 0 radical (unpaired) electrons. The second-order valence-corrected chi connectivity index (χ2v) is 13.6. The molecule has 0 saturated heterocycles. The minimum Gasteiger partial charge on any atom is -0.744 e. The molecule has 47 heavy (non-hydrogen) atoms. The number of rotatable bonds is 29. The van der Waals surface area contributed by atoms with Gasteiger partial charge >= 0.3 is 63.3 Å². The molecule has 9 heteroatoms. The van der Waals surface area contributed by atoms with E-state index >= 15 is 0 Å². The third-order valence-electron chi connectivity index (χ3n) is 8.00. The van der Waals surface area contributed by atoms with E-state index in [1.807, 2.05) is 0 Å². The number of allylic oxidation sites excluding steroid dienone is 4. The molecule has 0 N–H and O–H groups in total. The minimum atomic E-state index is -4.81. The zero-order valence-electron chi connectivity index (χ0n) is 29.8. The molecule has 0 aliphatic heterocycles. The van der Waals surface area contributed by atoms with E-state index in [1.54, 1.807) is 0 Å². The third kappa shape index (κ3) is 24.9. The largest absolute Gasteiger partial charge is 1.00 e. The maximum absolute atomic E-state index is 12.8. The Kier molecular flexibility index (Phi) is 30.6. The van der Waals surface area contributed by atoms with Gasteiger partial charge in [0.1, 0.15) is 10.1 Å². The van der Waals surface area contributed by atoms with Gasteiger partial charge in [-0.15, -0.1) is 0 Å². The third-order valence-corrected chi connectivity index (χ3v) is 8.83. The molecule has 0 aliphatic carbocycles. The van der Waals surface area contributed by atoms with E-state index in [4.69, 9.17) is 9.47 Å².